The molecule has 7 nitrogen and oxygen atoms in total. The molecule has 0 atom stereocenters. The first-order chi connectivity index (χ1) is 14.8. The number of nitrogens with one attached hydrogen (secondary N) is 2. The summed E-state index contributed by atoms with van der Waals surface area (Å²) < 4.78 is 50.0. The second-order valence-corrected chi connectivity index (χ2v) is 7.17. The van der Waals surface area contributed by atoms with Gasteiger partial charge in [0.25, 0.3) is 0 Å². The van der Waals surface area contributed by atoms with Crippen molar-refractivity contribution >= 4 is 28.5 Å². The van der Waals surface area contributed by atoms with Gasteiger partial charge in [0.05, 0.1) is 0 Å². The number of carbonyl (C=O) groups is 2. The third kappa shape index (κ3) is 5.31. The van der Waals surface area contributed by atoms with Crippen LogP contribution in [0.3, 0.4) is 0 Å². The van der Waals surface area contributed by atoms with Gasteiger partial charge < -0.3 is 15.2 Å². The van der Waals surface area contributed by atoms with Crippen molar-refractivity contribution in [2.24, 2.45) is 0 Å². The molecule has 3 rings (SSSR count). The van der Waals surface area contributed by atoms with Crippen LogP contribution in [-0.2, 0) is 13.2 Å². The molecule has 0 aliphatic carbocycles. The van der Waals surface area contributed by atoms with Gasteiger partial charge in [0.1, 0.15) is 17.4 Å². The predicted octanol–water partition coefficient (Wildman–Crippen LogP) is 4.47. The lowest BCUT2D eigenvalue weighted by Crippen LogP contribution is -2.28. The molecule has 1 heterocycles. The van der Waals surface area contributed by atoms with Crippen molar-refractivity contribution in [1.82, 2.24) is 9.69 Å². The minimum absolute atomic E-state index is 0.0814. The lowest BCUT2D eigenvalue weighted by atomic mass is 10.1. The van der Waals surface area contributed by atoms with E-state index in [9.17, 15) is 27.9 Å². The summed E-state index contributed by atoms with van der Waals surface area (Å²) in [6.07, 6.45) is 0. The SMILES string of the molecule is Cc1ccc(COc2nsc(NC(=O)NCc3cccc(F)c3F)c2C(=O)O)c(F)c1. The minimum atomic E-state index is -1.42. The minimum Gasteiger partial charge on any atom is -0.477 e. The number of nitrogens with zero attached hydrogens (tertiary/aromatic N) is 1. The Balaban J connectivity index is 1.67. The van der Waals surface area contributed by atoms with Gasteiger partial charge in [-0.2, -0.15) is 4.37 Å². The molecule has 2 amide bonds. The topological polar surface area (TPSA) is 101 Å². The zero-order valence-corrected chi connectivity index (χ0v) is 16.9. The zero-order valence-electron chi connectivity index (χ0n) is 16.0. The van der Waals surface area contributed by atoms with E-state index in [0.29, 0.717) is 11.5 Å². The molecule has 31 heavy (non-hydrogen) atoms. The Hall–Kier alpha value is -3.60. The molecule has 1 aromatic heterocycles. The quantitative estimate of drug-likeness (QED) is 0.492. The van der Waals surface area contributed by atoms with Gasteiger partial charge in [0.2, 0.25) is 5.88 Å². The van der Waals surface area contributed by atoms with Crippen LogP contribution >= 0.6 is 11.5 Å². The second kappa shape index (κ2) is 9.47. The van der Waals surface area contributed by atoms with E-state index in [1.54, 1.807) is 13.0 Å². The van der Waals surface area contributed by atoms with Crippen molar-refractivity contribution in [1.29, 1.82) is 0 Å². The average Bonchev–Trinajstić information content (AvgIpc) is 3.11. The summed E-state index contributed by atoms with van der Waals surface area (Å²) in [5.41, 5.74) is 0.433. The molecule has 0 radical (unpaired) electrons. The van der Waals surface area contributed by atoms with Crippen LogP contribution in [-0.4, -0.2) is 21.5 Å². The molecule has 0 bridgehead atoms. The average molecular weight is 451 g/mol. The number of rotatable bonds is 7. The highest BCUT2D eigenvalue weighted by molar-refractivity contribution is 7.11. The lowest BCUT2D eigenvalue weighted by Gasteiger charge is -2.09. The fraction of sp³-hybridized carbons (Fsp3) is 0.150. The number of urea groups is 1. The maximum Gasteiger partial charge on any atom is 0.344 e. The fourth-order valence-electron chi connectivity index (χ4n) is 2.57. The molecule has 11 heteroatoms. The van der Waals surface area contributed by atoms with Gasteiger partial charge in [-0.05, 0) is 36.2 Å². The fourth-order valence-corrected chi connectivity index (χ4v) is 3.29. The van der Waals surface area contributed by atoms with Gasteiger partial charge in [0.15, 0.2) is 17.2 Å². The molecule has 0 fully saturated rings. The Morgan fingerprint density at radius 1 is 1.13 bits per heavy atom. The summed E-state index contributed by atoms with van der Waals surface area (Å²) in [7, 11) is 0. The number of amides is 2. The van der Waals surface area contributed by atoms with Gasteiger partial charge in [-0.15, -0.1) is 0 Å². The first kappa shape index (κ1) is 22.1. The summed E-state index contributed by atoms with van der Waals surface area (Å²) in [5, 5.41) is 13.9. The molecular formula is C20H16F3N3O4S. The van der Waals surface area contributed by atoms with E-state index < -0.39 is 35.0 Å². The van der Waals surface area contributed by atoms with Crippen molar-refractivity contribution in [3.05, 3.63) is 76.1 Å². The molecule has 3 N–H and O–H groups in total. The normalized spacial score (nSPS) is 10.6. The van der Waals surface area contributed by atoms with Gasteiger partial charge in [-0.25, -0.2) is 22.8 Å². The molecule has 2 aromatic carbocycles. The Bertz CT molecular complexity index is 1140. The van der Waals surface area contributed by atoms with E-state index in [4.69, 9.17) is 4.74 Å². The third-order valence-corrected chi connectivity index (χ3v) is 4.89. The maximum absolute atomic E-state index is 13.9. The van der Waals surface area contributed by atoms with E-state index in [1.807, 2.05) is 0 Å². The molecule has 0 saturated heterocycles. The number of hydrogen-bond acceptors (Lipinski definition) is 5. The summed E-state index contributed by atoms with van der Waals surface area (Å²) in [6, 6.07) is 7.18. The Morgan fingerprint density at radius 3 is 2.61 bits per heavy atom. The monoisotopic (exact) mass is 451 g/mol. The van der Waals surface area contributed by atoms with Crippen molar-refractivity contribution in [2.75, 3.05) is 5.32 Å². The Kier molecular flexibility index (Phi) is 6.75. The third-order valence-electron chi connectivity index (χ3n) is 4.15. The van der Waals surface area contributed by atoms with Crippen LogP contribution in [0.2, 0.25) is 0 Å². The number of aryl methyl sites for hydroxylation is 1. The van der Waals surface area contributed by atoms with E-state index in [1.165, 1.54) is 24.3 Å². The summed E-state index contributed by atoms with van der Waals surface area (Å²) in [5.74, 6) is -4.36. The van der Waals surface area contributed by atoms with Crippen LogP contribution in [0.1, 0.15) is 27.0 Å². The number of aromatic nitrogens is 1. The van der Waals surface area contributed by atoms with Gasteiger partial charge >= 0.3 is 12.0 Å². The summed E-state index contributed by atoms with van der Waals surface area (Å²) in [4.78, 5) is 23.7. The highest BCUT2D eigenvalue weighted by atomic mass is 32.1. The van der Waals surface area contributed by atoms with E-state index in [-0.39, 0.29) is 35.2 Å². The number of halogens is 3. The Morgan fingerprint density at radius 2 is 1.90 bits per heavy atom. The van der Waals surface area contributed by atoms with Gasteiger partial charge in [0, 0.05) is 17.7 Å². The Labute approximate surface area is 178 Å². The first-order valence-corrected chi connectivity index (χ1v) is 9.62. The molecular weight excluding hydrogens is 435 g/mol. The first-order valence-electron chi connectivity index (χ1n) is 8.84. The van der Waals surface area contributed by atoms with Gasteiger partial charge in [-0.3, -0.25) is 5.32 Å². The molecule has 0 aliphatic rings. The molecule has 0 spiro atoms. The largest absolute Gasteiger partial charge is 0.477 e. The van der Waals surface area contributed by atoms with Gasteiger partial charge in [-0.1, -0.05) is 24.3 Å². The molecule has 0 unspecified atom stereocenters. The number of hydrogen-bond donors (Lipinski definition) is 3. The van der Waals surface area contributed by atoms with Crippen molar-refractivity contribution < 1.29 is 32.6 Å². The number of ether oxygens (including phenoxy) is 1. The number of anilines is 1. The summed E-state index contributed by atoms with van der Waals surface area (Å²) >= 11 is 0.646. The molecule has 162 valence electrons. The van der Waals surface area contributed by atoms with Crippen LogP contribution in [0.5, 0.6) is 5.88 Å². The number of aromatic carboxylic acids is 1. The molecule has 3 aromatic rings. The lowest BCUT2D eigenvalue weighted by molar-refractivity contribution is 0.0693. The zero-order chi connectivity index (χ0) is 22.5. The van der Waals surface area contributed by atoms with Crippen LogP contribution in [0.25, 0.3) is 0 Å². The van der Waals surface area contributed by atoms with Crippen molar-refractivity contribution in [3.63, 3.8) is 0 Å². The number of carbonyl (C=O) groups excluding carboxylic acids is 1. The number of benzene rings is 2. The highest BCUT2D eigenvalue weighted by Gasteiger charge is 2.24. The second-order valence-electron chi connectivity index (χ2n) is 6.40. The predicted molar refractivity (Wildman–Crippen MR) is 107 cm³/mol. The van der Waals surface area contributed by atoms with E-state index in [0.717, 1.165) is 11.6 Å². The van der Waals surface area contributed by atoms with Crippen molar-refractivity contribution in [3.8, 4) is 5.88 Å². The molecule has 0 saturated carbocycles. The van der Waals surface area contributed by atoms with E-state index in [2.05, 4.69) is 15.0 Å². The van der Waals surface area contributed by atoms with Crippen molar-refractivity contribution in [2.45, 2.75) is 20.1 Å². The summed E-state index contributed by atoms with van der Waals surface area (Å²) in [6.45, 7) is 1.13. The standard InChI is InChI=1S/C20H16F3N3O4S/c1-10-5-6-12(14(22)7-10)9-30-17-15(19(27)28)18(31-26-17)25-20(29)24-8-11-3-2-4-13(21)16(11)23/h2-7H,8-9H2,1H3,(H,27,28)(H2,24,25,29). The van der Waals surface area contributed by atoms with Crippen LogP contribution < -0.4 is 15.4 Å². The smallest absolute Gasteiger partial charge is 0.344 e. The van der Waals surface area contributed by atoms with Crippen LogP contribution in [0.15, 0.2) is 36.4 Å². The number of carboxylic acid groups (broad SMARTS) is 1. The number of carboxylic acids is 1. The van der Waals surface area contributed by atoms with Crippen LogP contribution in [0.4, 0.5) is 23.0 Å². The maximum atomic E-state index is 13.9. The van der Waals surface area contributed by atoms with E-state index >= 15 is 0 Å². The highest BCUT2D eigenvalue weighted by Crippen LogP contribution is 2.31. The van der Waals surface area contributed by atoms with Crippen LogP contribution in [0, 0.1) is 24.4 Å². The molecule has 0 aliphatic heterocycles.